The Morgan fingerprint density at radius 1 is 1.64 bits per heavy atom. The Labute approximate surface area is 65.6 Å². The van der Waals surface area contributed by atoms with E-state index < -0.39 is 5.97 Å². The topological polar surface area (TPSA) is 50.2 Å². The number of rotatable bonds is 3. The fourth-order valence-corrected chi connectivity index (χ4v) is 0.956. The van der Waals surface area contributed by atoms with E-state index in [9.17, 15) is 4.79 Å². The molecule has 1 rings (SSSR count). The maximum atomic E-state index is 10.6. The first-order chi connectivity index (χ1) is 5.24. The summed E-state index contributed by atoms with van der Waals surface area (Å²) >= 11 is 0. The molecule has 1 aliphatic rings. The summed E-state index contributed by atoms with van der Waals surface area (Å²) in [5.74, 6) is -0.371. The van der Waals surface area contributed by atoms with Crippen LogP contribution in [0.1, 0.15) is 26.2 Å². The second-order valence-electron chi connectivity index (χ2n) is 2.52. The third kappa shape index (κ3) is 1.90. The summed E-state index contributed by atoms with van der Waals surface area (Å²) in [5.41, 5.74) is 0.733. The van der Waals surface area contributed by atoms with Crippen molar-refractivity contribution < 1.29 is 9.53 Å². The minimum absolute atomic E-state index is 0.0310. The van der Waals surface area contributed by atoms with Crippen LogP contribution in [0, 0.1) is 5.41 Å². The van der Waals surface area contributed by atoms with Gasteiger partial charge in [-0.1, -0.05) is 13.3 Å². The number of carbonyl (C=O) groups excluding carboxylic acids is 1. The quantitative estimate of drug-likeness (QED) is 0.626. The molecular weight excluding hydrogens is 142 g/mol. The molecule has 0 aliphatic carbocycles. The van der Waals surface area contributed by atoms with Crippen LogP contribution in [0.4, 0.5) is 0 Å². The first kappa shape index (κ1) is 7.98. The molecule has 3 heteroatoms. The third-order valence-electron chi connectivity index (χ3n) is 1.59. The summed E-state index contributed by atoms with van der Waals surface area (Å²) in [6, 6.07) is 0. The molecule has 0 aromatic heterocycles. The molecule has 1 N–H and O–H groups in total. The summed E-state index contributed by atoms with van der Waals surface area (Å²) in [6.07, 6.45) is 4.25. The van der Waals surface area contributed by atoms with Crippen molar-refractivity contribution in [1.82, 2.24) is 0 Å². The average Bonchev–Trinajstić information content (AvgIpc) is 2.26. The van der Waals surface area contributed by atoms with Crippen LogP contribution in [0.2, 0.25) is 0 Å². The highest BCUT2D eigenvalue weighted by Crippen LogP contribution is 2.14. The Hall–Kier alpha value is -1.12. The van der Waals surface area contributed by atoms with Crippen LogP contribution in [-0.4, -0.2) is 11.9 Å². The molecule has 1 heterocycles. The van der Waals surface area contributed by atoms with Crippen molar-refractivity contribution in [2.24, 2.45) is 0 Å². The van der Waals surface area contributed by atoms with Gasteiger partial charge in [-0.15, -0.1) is 0 Å². The van der Waals surface area contributed by atoms with E-state index in [0.29, 0.717) is 0 Å². The number of hydrogen-bond donors (Lipinski definition) is 1. The zero-order valence-corrected chi connectivity index (χ0v) is 6.52. The molecule has 0 fully saturated rings. The van der Waals surface area contributed by atoms with E-state index in [1.165, 1.54) is 6.08 Å². The van der Waals surface area contributed by atoms with Gasteiger partial charge in [-0.2, -0.15) is 0 Å². The number of nitrogens with one attached hydrogen (secondary N) is 1. The Balaban J connectivity index is 2.50. The first-order valence-corrected chi connectivity index (χ1v) is 3.75. The van der Waals surface area contributed by atoms with Crippen LogP contribution < -0.4 is 0 Å². The number of hydrogen-bond acceptors (Lipinski definition) is 3. The Kier molecular flexibility index (Phi) is 2.41. The Morgan fingerprint density at radius 2 is 2.36 bits per heavy atom. The zero-order valence-electron chi connectivity index (χ0n) is 6.52. The minimum Gasteiger partial charge on any atom is -0.405 e. The van der Waals surface area contributed by atoms with Crippen molar-refractivity contribution in [1.29, 1.82) is 5.41 Å². The monoisotopic (exact) mass is 153 g/mol. The Bertz CT molecular complexity index is 218. The lowest BCUT2D eigenvalue weighted by atomic mass is 10.1. The van der Waals surface area contributed by atoms with Crippen molar-refractivity contribution in [2.45, 2.75) is 26.2 Å². The molecule has 0 aromatic carbocycles. The molecule has 0 saturated heterocycles. The van der Waals surface area contributed by atoms with Gasteiger partial charge >= 0.3 is 5.97 Å². The van der Waals surface area contributed by atoms with E-state index in [2.05, 4.69) is 11.7 Å². The van der Waals surface area contributed by atoms with E-state index in [1.807, 2.05) is 0 Å². The number of unbranched alkanes of at least 4 members (excludes halogenated alkanes) is 1. The van der Waals surface area contributed by atoms with Crippen molar-refractivity contribution in [3.63, 3.8) is 0 Å². The smallest absolute Gasteiger partial charge is 0.337 e. The maximum absolute atomic E-state index is 10.6. The SMILES string of the molecule is CCCCC1=CC(=O)OC1=N. The van der Waals surface area contributed by atoms with Crippen molar-refractivity contribution in [3.05, 3.63) is 11.6 Å². The van der Waals surface area contributed by atoms with Gasteiger partial charge < -0.3 is 4.74 Å². The predicted molar refractivity (Wildman–Crippen MR) is 41.4 cm³/mol. The number of carbonyl (C=O) groups is 1. The van der Waals surface area contributed by atoms with Gasteiger partial charge in [-0.25, -0.2) is 4.79 Å². The van der Waals surface area contributed by atoms with Crippen LogP contribution in [0.25, 0.3) is 0 Å². The highest BCUT2D eigenvalue weighted by Gasteiger charge is 2.18. The summed E-state index contributed by atoms with van der Waals surface area (Å²) in [7, 11) is 0. The fourth-order valence-electron chi connectivity index (χ4n) is 0.956. The molecule has 60 valence electrons. The summed E-state index contributed by atoms with van der Waals surface area (Å²) in [6.45, 7) is 2.07. The standard InChI is InChI=1S/C8H11NO2/c1-2-3-4-6-5-7(10)11-8(6)9/h5,9H,2-4H2,1H3. The molecule has 11 heavy (non-hydrogen) atoms. The lowest BCUT2D eigenvalue weighted by Crippen LogP contribution is -2.00. The number of esters is 1. The lowest BCUT2D eigenvalue weighted by molar-refractivity contribution is -0.129. The van der Waals surface area contributed by atoms with Gasteiger partial charge in [-0.3, -0.25) is 5.41 Å². The van der Waals surface area contributed by atoms with Crippen molar-refractivity contribution in [3.8, 4) is 0 Å². The molecule has 0 spiro atoms. The van der Waals surface area contributed by atoms with Crippen LogP contribution in [0.15, 0.2) is 11.6 Å². The average molecular weight is 153 g/mol. The minimum atomic E-state index is -0.402. The molecule has 0 amide bonds. The Morgan fingerprint density at radius 3 is 2.82 bits per heavy atom. The van der Waals surface area contributed by atoms with Crippen LogP contribution in [-0.2, 0) is 9.53 Å². The largest absolute Gasteiger partial charge is 0.405 e. The molecular formula is C8H11NO2. The summed E-state index contributed by atoms with van der Waals surface area (Å²) < 4.78 is 4.52. The van der Waals surface area contributed by atoms with Crippen LogP contribution in [0.3, 0.4) is 0 Å². The normalized spacial score (nSPS) is 16.6. The molecule has 1 aliphatic heterocycles. The molecule has 0 unspecified atom stereocenters. The highest BCUT2D eigenvalue weighted by molar-refractivity contribution is 6.10. The second-order valence-corrected chi connectivity index (χ2v) is 2.52. The second kappa shape index (κ2) is 3.32. The van der Waals surface area contributed by atoms with Crippen molar-refractivity contribution in [2.75, 3.05) is 0 Å². The predicted octanol–water partition coefficient (Wildman–Crippen LogP) is 1.64. The molecule has 3 nitrogen and oxygen atoms in total. The van der Waals surface area contributed by atoms with E-state index in [-0.39, 0.29) is 5.90 Å². The van der Waals surface area contributed by atoms with E-state index in [1.54, 1.807) is 0 Å². The highest BCUT2D eigenvalue weighted by atomic mass is 16.5. The van der Waals surface area contributed by atoms with E-state index in [0.717, 1.165) is 24.8 Å². The van der Waals surface area contributed by atoms with Gasteiger partial charge in [0.15, 0.2) is 0 Å². The number of cyclic esters (lactones) is 1. The van der Waals surface area contributed by atoms with Crippen molar-refractivity contribution >= 4 is 11.9 Å². The number of ether oxygens (including phenoxy) is 1. The van der Waals surface area contributed by atoms with Gasteiger partial charge in [0.05, 0.1) is 0 Å². The lowest BCUT2D eigenvalue weighted by Gasteiger charge is -1.97. The molecule has 0 bridgehead atoms. The first-order valence-electron chi connectivity index (χ1n) is 3.75. The molecule has 0 atom stereocenters. The zero-order chi connectivity index (χ0) is 8.27. The maximum Gasteiger partial charge on any atom is 0.337 e. The van der Waals surface area contributed by atoms with Gasteiger partial charge in [0.2, 0.25) is 5.90 Å². The van der Waals surface area contributed by atoms with E-state index in [4.69, 9.17) is 5.41 Å². The van der Waals surface area contributed by atoms with E-state index >= 15 is 0 Å². The molecule has 0 aromatic rings. The van der Waals surface area contributed by atoms with Gasteiger partial charge in [0.1, 0.15) is 0 Å². The van der Waals surface area contributed by atoms with Gasteiger partial charge in [0, 0.05) is 11.6 Å². The van der Waals surface area contributed by atoms with Gasteiger partial charge in [0.25, 0.3) is 0 Å². The fraction of sp³-hybridized carbons (Fsp3) is 0.500. The molecule has 0 radical (unpaired) electrons. The van der Waals surface area contributed by atoms with Gasteiger partial charge in [-0.05, 0) is 12.8 Å². The third-order valence-corrected chi connectivity index (χ3v) is 1.59. The summed E-state index contributed by atoms with van der Waals surface area (Å²) in [5, 5.41) is 7.20. The van der Waals surface area contributed by atoms with Crippen LogP contribution in [0.5, 0.6) is 0 Å². The molecule has 0 saturated carbocycles. The van der Waals surface area contributed by atoms with Crippen LogP contribution >= 0.6 is 0 Å². The summed E-state index contributed by atoms with van der Waals surface area (Å²) in [4.78, 5) is 10.6.